The first-order chi connectivity index (χ1) is 15.1. The van der Waals surface area contributed by atoms with E-state index in [2.05, 4.69) is 14.9 Å². The predicted octanol–water partition coefficient (Wildman–Crippen LogP) is 4.07. The van der Waals surface area contributed by atoms with E-state index < -0.39 is 21.6 Å². The van der Waals surface area contributed by atoms with Gasteiger partial charge in [0.25, 0.3) is 0 Å². The average Bonchev–Trinajstić information content (AvgIpc) is 3.23. The van der Waals surface area contributed by atoms with Gasteiger partial charge in [0.2, 0.25) is 0 Å². The second kappa shape index (κ2) is 8.68. The van der Waals surface area contributed by atoms with Gasteiger partial charge in [-0.2, -0.15) is 13.2 Å². The lowest BCUT2D eigenvalue weighted by molar-refractivity contribution is -0.137. The smallest absolute Gasteiger partial charge is 0.378 e. The van der Waals surface area contributed by atoms with E-state index in [0.717, 1.165) is 17.7 Å². The molecule has 1 saturated heterocycles. The fraction of sp³-hybridized carbons (Fsp3) is 0.318. The number of ether oxygens (including phenoxy) is 1. The molecule has 0 saturated carbocycles. The van der Waals surface area contributed by atoms with Crippen LogP contribution >= 0.6 is 0 Å². The molecule has 1 N–H and O–H groups in total. The summed E-state index contributed by atoms with van der Waals surface area (Å²) in [7, 11) is -3.25. The van der Waals surface area contributed by atoms with Gasteiger partial charge in [-0.15, -0.1) is 0 Å². The van der Waals surface area contributed by atoms with Gasteiger partial charge >= 0.3 is 6.18 Å². The van der Waals surface area contributed by atoms with E-state index in [1.807, 2.05) is 0 Å². The highest BCUT2D eigenvalue weighted by atomic mass is 32.2. The third kappa shape index (κ3) is 5.03. The number of nitrogens with zero attached hydrogens (tertiary/aromatic N) is 2. The summed E-state index contributed by atoms with van der Waals surface area (Å²) < 4.78 is 67.4. The maximum atomic E-state index is 12.8. The number of sulfone groups is 1. The first-order valence-corrected chi connectivity index (χ1v) is 11.8. The molecule has 0 bridgehead atoms. The molecule has 0 aliphatic carbocycles. The van der Waals surface area contributed by atoms with Crippen molar-refractivity contribution in [2.75, 3.05) is 26.0 Å². The van der Waals surface area contributed by atoms with Crippen LogP contribution in [0, 0.1) is 0 Å². The Morgan fingerprint density at radius 3 is 2.44 bits per heavy atom. The quantitative estimate of drug-likeness (QED) is 0.615. The molecule has 1 aromatic heterocycles. The molecule has 1 atom stereocenters. The fourth-order valence-electron chi connectivity index (χ4n) is 3.65. The molecule has 170 valence electrons. The van der Waals surface area contributed by atoms with E-state index in [4.69, 9.17) is 4.74 Å². The highest BCUT2D eigenvalue weighted by molar-refractivity contribution is 7.90. The van der Waals surface area contributed by atoms with Crippen LogP contribution in [0.1, 0.15) is 23.0 Å². The molecule has 1 aliphatic heterocycles. The molecular formula is C22H22F3N3O3S. The van der Waals surface area contributed by atoms with Crippen molar-refractivity contribution in [1.29, 1.82) is 0 Å². The minimum absolute atomic E-state index is 0.165. The molecule has 0 amide bonds. The summed E-state index contributed by atoms with van der Waals surface area (Å²) in [5.41, 5.74) is 1.49. The number of hydrogen-bond acceptors (Lipinski definition) is 5. The Morgan fingerprint density at radius 2 is 1.81 bits per heavy atom. The summed E-state index contributed by atoms with van der Waals surface area (Å²) in [6, 6.07) is 11.5. The number of alkyl halides is 3. The zero-order valence-corrected chi connectivity index (χ0v) is 18.1. The van der Waals surface area contributed by atoms with Crippen LogP contribution in [0.25, 0.3) is 11.3 Å². The van der Waals surface area contributed by atoms with Crippen LogP contribution in [0.15, 0.2) is 59.6 Å². The van der Waals surface area contributed by atoms with Crippen LogP contribution in [-0.4, -0.2) is 49.3 Å². The summed E-state index contributed by atoms with van der Waals surface area (Å²) in [4.78, 5) is 10.1. The van der Waals surface area contributed by atoms with E-state index in [0.29, 0.717) is 43.4 Å². The van der Waals surface area contributed by atoms with Crippen molar-refractivity contribution in [3.05, 3.63) is 71.7 Å². The molecule has 10 heteroatoms. The molecule has 2 aromatic carbocycles. The molecule has 1 aliphatic rings. The fourth-order valence-corrected chi connectivity index (χ4v) is 4.28. The second-order valence-corrected chi connectivity index (χ2v) is 9.75. The summed E-state index contributed by atoms with van der Waals surface area (Å²) in [5.74, 6) is 0.660. The number of H-pyrrole nitrogens is 1. The molecule has 3 aromatic rings. The van der Waals surface area contributed by atoms with Gasteiger partial charge in [0.05, 0.1) is 41.6 Å². The molecular weight excluding hydrogens is 443 g/mol. The highest BCUT2D eigenvalue weighted by Crippen LogP contribution is 2.31. The second-order valence-electron chi connectivity index (χ2n) is 7.73. The van der Waals surface area contributed by atoms with E-state index >= 15 is 0 Å². The first-order valence-electron chi connectivity index (χ1n) is 9.94. The summed E-state index contributed by atoms with van der Waals surface area (Å²) in [6.45, 7) is 2.22. The van der Waals surface area contributed by atoms with Crippen LogP contribution < -0.4 is 0 Å². The van der Waals surface area contributed by atoms with E-state index in [1.165, 1.54) is 18.4 Å². The number of hydrogen-bond donors (Lipinski definition) is 1. The number of rotatable bonds is 5. The Hall–Kier alpha value is -2.69. The molecule has 6 nitrogen and oxygen atoms in total. The van der Waals surface area contributed by atoms with Crippen LogP contribution in [-0.2, 0) is 27.3 Å². The number of morpholine rings is 1. The predicted molar refractivity (Wildman–Crippen MR) is 113 cm³/mol. The first kappa shape index (κ1) is 22.5. The SMILES string of the molecule is CS(=O)(=O)c1ccc(CN2CCOCC2c2ncc(-c3ccc(C(F)(F)F)cc3)[nH]2)cc1. The zero-order valence-electron chi connectivity index (χ0n) is 17.3. The zero-order chi connectivity index (χ0) is 22.9. The van der Waals surface area contributed by atoms with Crippen molar-refractivity contribution in [1.82, 2.24) is 14.9 Å². The minimum Gasteiger partial charge on any atom is -0.378 e. The molecule has 0 radical (unpaired) electrons. The van der Waals surface area contributed by atoms with Crippen LogP contribution in [0.4, 0.5) is 13.2 Å². The number of aromatic nitrogens is 2. The monoisotopic (exact) mass is 465 g/mol. The largest absolute Gasteiger partial charge is 0.416 e. The van der Waals surface area contributed by atoms with Gasteiger partial charge in [0.15, 0.2) is 9.84 Å². The molecule has 4 rings (SSSR count). The van der Waals surface area contributed by atoms with Gasteiger partial charge in [-0.1, -0.05) is 24.3 Å². The standard InChI is InChI=1S/C22H22F3N3O3S/c1-32(29,30)18-8-2-15(3-9-18)13-28-10-11-31-14-20(28)21-26-12-19(27-21)16-4-6-17(7-5-16)22(23,24)25/h2-9,12,20H,10-11,13-14H2,1H3,(H,26,27). The van der Waals surface area contributed by atoms with Crippen molar-refractivity contribution >= 4 is 9.84 Å². The lowest BCUT2D eigenvalue weighted by Crippen LogP contribution is -2.39. The van der Waals surface area contributed by atoms with Crippen molar-refractivity contribution < 1.29 is 26.3 Å². The lowest BCUT2D eigenvalue weighted by Gasteiger charge is -2.34. The van der Waals surface area contributed by atoms with Crippen LogP contribution in [0.2, 0.25) is 0 Å². The lowest BCUT2D eigenvalue weighted by atomic mass is 10.1. The molecule has 2 heterocycles. The Bertz CT molecular complexity index is 1170. The molecule has 0 spiro atoms. The normalized spacial score (nSPS) is 18.1. The van der Waals surface area contributed by atoms with Crippen LogP contribution in [0.5, 0.6) is 0 Å². The van der Waals surface area contributed by atoms with Gasteiger partial charge in [-0.25, -0.2) is 13.4 Å². The maximum absolute atomic E-state index is 12.8. The minimum atomic E-state index is -4.38. The Morgan fingerprint density at radius 1 is 1.12 bits per heavy atom. The van der Waals surface area contributed by atoms with Crippen molar-refractivity contribution in [2.24, 2.45) is 0 Å². The number of imidazole rings is 1. The number of benzene rings is 2. The summed E-state index contributed by atoms with van der Waals surface area (Å²) in [5, 5.41) is 0. The van der Waals surface area contributed by atoms with Crippen molar-refractivity contribution in [3.8, 4) is 11.3 Å². The third-order valence-corrected chi connectivity index (χ3v) is 6.54. The van der Waals surface area contributed by atoms with Crippen LogP contribution in [0.3, 0.4) is 0 Å². The van der Waals surface area contributed by atoms with E-state index in [1.54, 1.807) is 30.5 Å². The van der Waals surface area contributed by atoms with Gasteiger partial charge in [-0.05, 0) is 35.4 Å². The Kier molecular flexibility index (Phi) is 6.11. The average molecular weight is 465 g/mol. The molecule has 1 unspecified atom stereocenters. The Labute approximate surface area is 184 Å². The number of halogens is 3. The molecule has 32 heavy (non-hydrogen) atoms. The van der Waals surface area contributed by atoms with E-state index in [9.17, 15) is 21.6 Å². The van der Waals surface area contributed by atoms with E-state index in [-0.39, 0.29) is 10.9 Å². The molecule has 1 fully saturated rings. The Balaban J connectivity index is 1.51. The van der Waals surface area contributed by atoms with Gasteiger partial charge in [0, 0.05) is 19.3 Å². The maximum Gasteiger partial charge on any atom is 0.416 e. The number of nitrogens with one attached hydrogen (secondary N) is 1. The highest BCUT2D eigenvalue weighted by Gasteiger charge is 2.30. The van der Waals surface area contributed by atoms with Crippen molar-refractivity contribution in [3.63, 3.8) is 0 Å². The summed E-state index contributed by atoms with van der Waals surface area (Å²) >= 11 is 0. The topological polar surface area (TPSA) is 75.3 Å². The van der Waals surface area contributed by atoms with Crippen molar-refractivity contribution in [2.45, 2.75) is 23.7 Å². The summed E-state index contributed by atoms with van der Waals surface area (Å²) in [6.07, 6.45) is -1.60. The van der Waals surface area contributed by atoms with Gasteiger partial charge in [0.1, 0.15) is 5.82 Å². The van der Waals surface area contributed by atoms with Gasteiger partial charge in [-0.3, -0.25) is 4.90 Å². The van der Waals surface area contributed by atoms with Gasteiger partial charge < -0.3 is 9.72 Å². The third-order valence-electron chi connectivity index (χ3n) is 5.41. The number of aromatic amines is 1.